The third-order valence-corrected chi connectivity index (χ3v) is 4.31. The first kappa shape index (κ1) is 19.1. The smallest absolute Gasteiger partial charge is 0.330 e. The minimum Gasteiger partial charge on any atom is -0.389 e. The number of barbiturate groups is 1. The number of amides is 4. The zero-order valence-corrected chi connectivity index (χ0v) is 14.5. The van der Waals surface area contributed by atoms with Gasteiger partial charge in [-0.25, -0.2) is 4.79 Å². The zero-order chi connectivity index (χ0) is 18.4. The van der Waals surface area contributed by atoms with E-state index >= 15 is 0 Å². The van der Waals surface area contributed by atoms with Crippen molar-refractivity contribution in [1.29, 1.82) is 0 Å². The molecule has 1 heterocycles. The van der Waals surface area contributed by atoms with E-state index in [0.717, 1.165) is 11.3 Å². The lowest BCUT2D eigenvalue weighted by Gasteiger charge is -2.39. The number of carbonyl (C=O) groups is 3. The van der Waals surface area contributed by atoms with Gasteiger partial charge >= 0.3 is 6.03 Å². The number of benzene rings is 1. The number of carbonyl (C=O) groups excluding carboxylic acids is 3. The van der Waals surface area contributed by atoms with E-state index in [1.54, 1.807) is 37.3 Å². The molecule has 7 nitrogen and oxygen atoms in total. The van der Waals surface area contributed by atoms with Crippen LogP contribution in [0.4, 0.5) is 4.79 Å². The van der Waals surface area contributed by atoms with E-state index in [1.165, 1.54) is 0 Å². The normalized spacial score (nSPS) is 22.0. The molecule has 4 amide bonds. The number of hydrogen-bond acceptors (Lipinski definition) is 5. The Labute approximate surface area is 147 Å². The summed E-state index contributed by atoms with van der Waals surface area (Å²) in [4.78, 5) is 38.6. The second-order valence-corrected chi connectivity index (χ2v) is 6.03. The number of nitrogens with one attached hydrogen (secondary N) is 1. The molecule has 25 heavy (non-hydrogen) atoms. The molecule has 136 valence electrons. The fraction of sp³-hybridized carbons (Fsp3) is 0.500. The van der Waals surface area contributed by atoms with Crippen molar-refractivity contribution in [1.82, 2.24) is 10.2 Å². The first-order chi connectivity index (χ1) is 12.0. The molecule has 1 aromatic rings. The van der Waals surface area contributed by atoms with Gasteiger partial charge in [0.05, 0.1) is 19.3 Å². The third kappa shape index (κ3) is 3.72. The third-order valence-electron chi connectivity index (χ3n) is 4.31. The van der Waals surface area contributed by atoms with Gasteiger partial charge in [-0.1, -0.05) is 44.2 Å². The van der Waals surface area contributed by atoms with Crippen LogP contribution in [0.15, 0.2) is 30.3 Å². The highest BCUT2D eigenvalue weighted by Crippen LogP contribution is 2.33. The number of aliphatic hydroxyl groups is 1. The summed E-state index contributed by atoms with van der Waals surface area (Å²) in [7, 11) is 0. The maximum absolute atomic E-state index is 13.1. The summed E-state index contributed by atoms with van der Waals surface area (Å²) in [6.07, 6.45) is -0.00894. The SMILES string of the molecule is CCCOCC(O)CN1C(=O)NC(=O)C(CC)(c2ccccc2)C1=O. The molecule has 2 atom stereocenters. The number of hydrogen-bond donors (Lipinski definition) is 2. The number of imide groups is 2. The van der Waals surface area contributed by atoms with E-state index in [0.29, 0.717) is 12.2 Å². The summed E-state index contributed by atoms with van der Waals surface area (Å²) in [6.45, 7) is 3.94. The van der Waals surface area contributed by atoms with Crippen molar-refractivity contribution >= 4 is 17.8 Å². The van der Waals surface area contributed by atoms with Crippen molar-refractivity contribution in [3.63, 3.8) is 0 Å². The molecule has 2 rings (SSSR count). The van der Waals surface area contributed by atoms with Crippen LogP contribution >= 0.6 is 0 Å². The van der Waals surface area contributed by atoms with Crippen molar-refractivity contribution in [3.05, 3.63) is 35.9 Å². The molecule has 1 saturated heterocycles. The molecule has 1 aliphatic heterocycles. The van der Waals surface area contributed by atoms with Gasteiger partial charge in [-0.2, -0.15) is 0 Å². The Hall–Kier alpha value is -2.25. The summed E-state index contributed by atoms with van der Waals surface area (Å²) in [5.41, 5.74) is -0.951. The molecule has 0 aromatic heterocycles. The van der Waals surface area contributed by atoms with Gasteiger partial charge in [0.15, 0.2) is 5.41 Å². The molecule has 0 saturated carbocycles. The molecule has 0 radical (unpaired) electrons. The first-order valence-electron chi connectivity index (χ1n) is 8.46. The first-order valence-corrected chi connectivity index (χ1v) is 8.46. The van der Waals surface area contributed by atoms with Crippen LogP contribution in [-0.4, -0.2) is 53.7 Å². The Morgan fingerprint density at radius 1 is 1.20 bits per heavy atom. The highest BCUT2D eigenvalue weighted by atomic mass is 16.5. The molecule has 7 heteroatoms. The standard InChI is InChI=1S/C18H24N2O5/c1-3-10-25-12-14(21)11-20-16(23)18(4-2,15(22)19-17(20)24)13-8-6-5-7-9-13/h5-9,14,21H,3-4,10-12H2,1-2H3,(H,19,22,24). The van der Waals surface area contributed by atoms with Crippen LogP contribution < -0.4 is 5.32 Å². The molecule has 1 aromatic carbocycles. The van der Waals surface area contributed by atoms with Gasteiger partial charge in [-0.05, 0) is 18.4 Å². The molecule has 2 N–H and O–H groups in total. The van der Waals surface area contributed by atoms with Crippen LogP contribution in [0.5, 0.6) is 0 Å². The molecule has 0 bridgehead atoms. The quantitative estimate of drug-likeness (QED) is 0.544. The highest BCUT2D eigenvalue weighted by molar-refractivity contribution is 6.22. The lowest BCUT2D eigenvalue weighted by Crippen LogP contribution is -2.66. The highest BCUT2D eigenvalue weighted by Gasteiger charge is 2.54. The summed E-state index contributed by atoms with van der Waals surface area (Å²) < 4.78 is 5.25. The van der Waals surface area contributed by atoms with Crippen molar-refractivity contribution in [2.75, 3.05) is 19.8 Å². The van der Waals surface area contributed by atoms with Gasteiger partial charge in [0.1, 0.15) is 0 Å². The van der Waals surface area contributed by atoms with Crippen LogP contribution in [0.1, 0.15) is 32.3 Å². The number of urea groups is 1. The Morgan fingerprint density at radius 3 is 2.48 bits per heavy atom. The molecular weight excluding hydrogens is 324 g/mol. The largest absolute Gasteiger partial charge is 0.389 e. The topological polar surface area (TPSA) is 95.9 Å². The van der Waals surface area contributed by atoms with Crippen molar-refractivity contribution < 1.29 is 24.2 Å². The van der Waals surface area contributed by atoms with Gasteiger partial charge < -0.3 is 9.84 Å². The number of aliphatic hydroxyl groups excluding tert-OH is 1. The second-order valence-electron chi connectivity index (χ2n) is 6.03. The molecule has 0 spiro atoms. The monoisotopic (exact) mass is 348 g/mol. The minimum atomic E-state index is -1.47. The van der Waals surface area contributed by atoms with Gasteiger partial charge in [0, 0.05) is 6.61 Å². The molecule has 1 fully saturated rings. The van der Waals surface area contributed by atoms with Crippen molar-refractivity contribution in [2.24, 2.45) is 0 Å². The molecule has 2 unspecified atom stereocenters. The van der Waals surface area contributed by atoms with Crippen LogP contribution in [0.3, 0.4) is 0 Å². The Balaban J connectivity index is 2.26. The average Bonchev–Trinajstić information content (AvgIpc) is 2.60. The van der Waals surface area contributed by atoms with E-state index in [9.17, 15) is 19.5 Å². The lowest BCUT2D eigenvalue weighted by molar-refractivity contribution is -0.146. The van der Waals surface area contributed by atoms with Gasteiger partial charge in [0.25, 0.3) is 5.91 Å². The van der Waals surface area contributed by atoms with E-state index < -0.39 is 29.4 Å². The van der Waals surface area contributed by atoms with E-state index in [2.05, 4.69) is 5.32 Å². The predicted molar refractivity (Wildman–Crippen MR) is 90.8 cm³/mol. The lowest BCUT2D eigenvalue weighted by atomic mass is 9.74. The fourth-order valence-electron chi connectivity index (χ4n) is 2.98. The van der Waals surface area contributed by atoms with E-state index in [1.807, 2.05) is 6.92 Å². The maximum Gasteiger partial charge on any atom is 0.330 e. The number of ether oxygens (including phenoxy) is 1. The Kier molecular flexibility index (Phi) is 6.27. The molecule has 0 aliphatic carbocycles. The Bertz CT molecular complexity index is 634. The zero-order valence-electron chi connectivity index (χ0n) is 14.5. The van der Waals surface area contributed by atoms with Crippen LogP contribution in [0.25, 0.3) is 0 Å². The minimum absolute atomic E-state index is 0.0172. The number of nitrogens with zero attached hydrogens (tertiary/aromatic N) is 1. The van der Waals surface area contributed by atoms with Gasteiger partial charge in [-0.3, -0.25) is 19.8 Å². The van der Waals surface area contributed by atoms with E-state index in [-0.39, 0.29) is 19.6 Å². The van der Waals surface area contributed by atoms with Crippen molar-refractivity contribution in [2.45, 2.75) is 38.2 Å². The van der Waals surface area contributed by atoms with Crippen LogP contribution in [-0.2, 0) is 19.7 Å². The van der Waals surface area contributed by atoms with Crippen LogP contribution in [0, 0.1) is 0 Å². The van der Waals surface area contributed by atoms with Crippen molar-refractivity contribution in [3.8, 4) is 0 Å². The summed E-state index contributed by atoms with van der Waals surface area (Å²) in [5.74, 6) is -1.26. The fourth-order valence-corrected chi connectivity index (χ4v) is 2.98. The summed E-state index contributed by atoms with van der Waals surface area (Å²) in [5, 5.41) is 12.3. The molecule has 1 aliphatic rings. The summed E-state index contributed by atoms with van der Waals surface area (Å²) >= 11 is 0. The van der Waals surface area contributed by atoms with Crippen LogP contribution in [0.2, 0.25) is 0 Å². The number of β-amino-alcohol motifs (C(OH)–C–C–N with tert-alkyl or cyclic N) is 1. The average molecular weight is 348 g/mol. The van der Waals surface area contributed by atoms with Gasteiger partial charge in [-0.15, -0.1) is 0 Å². The maximum atomic E-state index is 13.1. The van der Waals surface area contributed by atoms with Gasteiger partial charge in [0.2, 0.25) is 5.91 Å². The van der Waals surface area contributed by atoms with E-state index in [4.69, 9.17) is 4.74 Å². The molecular formula is C18H24N2O5. The summed E-state index contributed by atoms with van der Waals surface area (Å²) in [6, 6.07) is 7.83. The Morgan fingerprint density at radius 2 is 1.88 bits per heavy atom. The number of rotatable bonds is 8. The second kappa shape index (κ2) is 8.22. The predicted octanol–water partition coefficient (Wildman–Crippen LogP) is 1.20.